The molecule has 0 saturated carbocycles. The molecule has 0 aliphatic rings. The van der Waals surface area contributed by atoms with Gasteiger partial charge in [0, 0.05) is 4.90 Å². The molecule has 1 aromatic heterocycles. The van der Waals surface area contributed by atoms with E-state index in [0.29, 0.717) is 21.9 Å². The predicted molar refractivity (Wildman–Crippen MR) is 72.4 cm³/mol. The van der Waals surface area contributed by atoms with E-state index >= 15 is 0 Å². The summed E-state index contributed by atoms with van der Waals surface area (Å²) in [4.78, 5) is 9.04. The van der Waals surface area contributed by atoms with Crippen LogP contribution in [-0.2, 0) is 0 Å². The highest BCUT2D eigenvalue weighted by atomic mass is 79.9. The molecule has 0 aliphatic carbocycles. The molecular formula is C11H10BrN3OS. The molecule has 6 heteroatoms. The summed E-state index contributed by atoms with van der Waals surface area (Å²) in [5.41, 5.74) is 5.64. The van der Waals surface area contributed by atoms with Crippen LogP contribution in [0, 0.1) is 0 Å². The second kappa shape index (κ2) is 5.37. The number of nitrogens with two attached hydrogens (primary N) is 1. The SMILES string of the molecule is CSc1ccc(Oc2ncnc(N)c2Br)cc1. The molecular weight excluding hydrogens is 302 g/mol. The van der Waals surface area contributed by atoms with Crippen LogP contribution < -0.4 is 10.5 Å². The van der Waals surface area contributed by atoms with Crippen LogP contribution in [0.25, 0.3) is 0 Å². The van der Waals surface area contributed by atoms with Gasteiger partial charge < -0.3 is 10.5 Å². The highest BCUT2D eigenvalue weighted by Gasteiger charge is 2.08. The molecule has 0 radical (unpaired) electrons. The predicted octanol–water partition coefficient (Wildman–Crippen LogP) is 3.34. The second-order valence-electron chi connectivity index (χ2n) is 3.16. The Kier molecular flexibility index (Phi) is 3.86. The van der Waals surface area contributed by atoms with Crippen molar-refractivity contribution < 1.29 is 4.74 Å². The summed E-state index contributed by atoms with van der Waals surface area (Å²) in [5.74, 6) is 1.48. The van der Waals surface area contributed by atoms with Gasteiger partial charge in [-0.3, -0.25) is 0 Å². The number of rotatable bonds is 3. The summed E-state index contributed by atoms with van der Waals surface area (Å²) in [7, 11) is 0. The monoisotopic (exact) mass is 311 g/mol. The lowest BCUT2D eigenvalue weighted by molar-refractivity contribution is 0.458. The average Bonchev–Trinajstić information content (AvgIpc) is 2.36. The largest absolute Gasteiger partial charge is 0.438 e. The summed E-state index contributed by atoms with van der Waals surface area (Å²) in [6.07, 6.45) is 3.39. The van der Waals surface area contributed by atoms with Crippen LogP contribution >= 0.6 is 27.7 Å². The standard InChI is InChI=1S/C11H10BrN3OS/c1-17-8-4-2-7(3-5-8)16-11-9(12)10(13)14-6-15-11/h2-6H,1H3,(H2,13,14,15). The Morgan fingerprint density at radius 1 is 1.24 bits per heavy atom. The van der Waals surface area contributed by atoms with Gasteiger partial charge in [-0.15, -0.1) is 11.8 Å². The number of hydrogen-bond acceptors (Lipinski definition) is 5. The van der Waals surface area contributed by atoms with Gasteiger partial charge in [0.2, 0.25) is 5.88 Å². The summed E-state index contributed by atoms with van der Waals surface area (Å²) >= 11 is 4.97. The fourth-order valence-corrected chi connectivity index (χ4v) is 1.89. The van der Waals surface area contributed by atoms with Gasteiger partial charge in [-0.05, 0) is 46.5 Å². The van der Waals surface area contributed by atoms with E-state index in [4.69, 9.17) is 10.5 Å². The zero-order chi connectivity index (χ0) is 12.3. The number of aromatic nitrogens is 2. The summed E-state index contributed by atoms with van der Waals surface area (Å²) in [5, 5.41) is 0. The maximum atomic E-state index is 5.64. The number of anilines is 1. The average molecular weight is 312 g/mol. The van der Waals surface area contributed by atoms with E-state index in [1.165, 1.54) is 11.2 Å². The fourth-order valence-electron chi connectivity index (χ4n) is 1.19. The summed E-state index contributed by atoms with van der Waals surface area (Å²) in [6.45, 7) is 0. The third kappa shape index (κ3) is 2.89. The molecule has 0 bridgehead atoms. The number of nitrogens with zero attached hydrogens (tertiary/aromatic N) is 2. The van der Waals surface area contributed by atoms with E-state index in [9.17, 15) is 0 Å². The molecule has 0 saturated heterocycles. The van der Waals surface area contributed by atoms with Crippen molar-refractivity contribution >= 4 is 33.5 Å². The molecule has 1 aromatic carbocycles. The zero-order valence-electron chi connectivity index (χ0n) is 9.05. The van der Waals surface area contributed by atoms with Crippen molar-refractivity contribution in [3.63, 3.8) is 0 Å². The van der Waals surface area contributed by atoms with Crippen molar-refractivity contribution in [1.29, 1.82) is 0 Å². The lowest BCUT2D eigenvalue weighted by Crippen LogP contribution is -1.96. The number of halogens is 1. The Bertz CT molecular complexity index is 519. The van der Waals surface area contributed by atoms with Crippen LogP contribution in [0.5, 0.6) is 11.6 Å². The molecule has 0 aliphatic heterocycles. The number of nitrogen functional groups attached to an aromatic ring is 1. The van der Waals surface area contributed by atoms with E-state index in [-0.39, 0.29) is 0 Å². The lowest BCUT2D eigenvalue weighted by atomic mass is 10.3. The Morgan fingerprint density at radius 2 is 1.94 bits per heavy atom. The fraction of sp³-hybridized carbons (Fsp3) is 0.0909. The quantitative estimate of drug-likeness (QED) is 0.881. The molecule has 0 fully saturated rings. The Hall–Kier alpha value is -1.27. The van der Waals surface area contributed by atoms with Crippen molar-refractivity contribution in [3.05, 3.63) is 35.1 Å². The minimum Gasteiger partial charge on any atom is -0.438 e. The van der Waals surface area contributed by atoms with Gasteiger partial charge in [0.1, 0.15) is 22.4 Å². The first-order valence-electron chi connectivity index (χ1n) is 4.78. The van der Waals surface area contributed by atoms with Gasteiger partial charge in [-0.25, -0.2) is 9.97 Å². The number of benzene rings is 1. The van der Waals surface area contributed by atoms with Crippen LogP contribution in [0.1, 0.15) is 0 Å². The minimum atomic E-state index is 0.357. The Labute approximate surface area is 112 Å². The highest BCUT2D eigenvalue weighted by Crippen LogP contribution is 2.30. The molecule has 0 spiro atoms. The first-order chi connectivity index (χ1) is 8.20. The van der Waals surface area contributed by atoms with Crippen molar-refractivity contribution in [2.24, 2.45) is 0 Å². The van der Waals surface area contributed by atoms with E-state index in [1.54, 1.807) is 11.8 Å². The third-order valence-electron chi connectivity index (χ3n) is 2.06. The molecule has 2 N–H and O–H groups in total. The second-order valence-corrected chi connectivity index (χ2v) is 4.83. The molecule has 4 nitrogen and oxygen atoms in total. The topological polar surface area (TPSA) is 61.0 Å². The molecule has 88 valence electrons. The molecule has 0 amide bonds. The number of ether oxygens (including phenoxy) is 1. The molecule has 2 aromatic rings. The van der Waals surface area contributed by atoms with E-state index < -0.39 is 0 Å². The zero-order valence-corrected chi connectivity index (χ0v) is 11.5. The van der Waals surface area contributed by atoms with Gasteiger partial charge in [0.25, 0.3) is 0 Å². The lowest BCUT2D eigenvalue weighted by Gasteiger charge is -2.07. The normalized spacial score (nSPS) is 10.2. The smallest absolute Gasteiger partial charge is 0.238 e. The molecule has 0 atom stereocenters. The van der Waals surface area contributed by atoms with Crippen LogP contribution in [0.15, 0.2) is 40.0 Å². The highest BCUT2D eigenvalue weighted by molar-refractivity contribution is 9.10. The Morgan fingerprint density at radius 3 is 2.59 bits per heavy atom. The van der Waals surface area contributed by atoms with Crippen LogP contribution in [0.3, 0.4) is 0 Å². The van der Waals surface area contributed by atoms with Gasteiger partial charge in [0.05, 0.1) is 0 Å². The van der Waals surface area contributed by atoms with Gasteiger partial charge in [-0.2, -0.15) is 0 Å². The minimum absolute atomic E-state index is 0.357. The van der Waals surface area contributed by atoms with Gasteiger partial charge in [0.15, 0.2) is 0 Å². The van der Waals surface area contributed by atoms with Crippen molar-refractivity contribution in [3.8, 4) is 11.6 Å². The molecule has 0 unspecified atom stereocenters. The van der Waals surface area contributed by atoms with Crippen LogP contribution in [0.4, 0.5) is 5.82 Å². The molecule has 1 heterocycles. The first kappa shape index (κ1) is 12.2. The van der Waals surface area contributed by atoms with Gasteiger partial charge in [-0.1, -0.05) is 0 Å². The van der Waals surface area contributed by atoms with Crippen LogP contribution in [0.2, 0.25) is 0 Å². The van der Waals surface area contributed by atoms with Gasteiger partial charge >= 0.3 is 0 Å². The van der Waals surface area contributed by atoms with E-state index in [1.807, 2.05) is 30.5 Å². The van der Waals surface area contributed by atoms with Crippen molar-refractivity contribution in [2.75, 3.05) is 12.0 Å². The summed E-state index contributed by atoms with van der Waals surface area (Å²) < 4.78 is 6.17. The number of hydrogen-bond donors (Lipinski definition) is 1. The van der Waals surface area contributed by atoms with E-state index in [0.717, 1.165) is 0 Å². The number of thioether (sulfide) groups is 1. The van der Waals surface area contributed by atoms with Crippen molar-refractivity contribution in [1.82, 2.24) is 9.97 Å². The molecule has 2 rings (SSSR count). The first-order valence-corrected chi connectivity index (χ1v) is 6.80. The van der Waals surface area contributed by atoms with E-state index in [2.05, 4.69) is 25.9 Å². The maximum Gasteiger partial charge on any atom is 0.238 e. The molecule has 17 heavy (non-hydrogen) atoms. The third-order valence-corrected chi connectivity index (χ3v) is 3.55. The maximum absolute atomic E-state index is 5.64. The summed E-state index contributed by atoms with van der Waals surface area (Å²) in [6, 6.07) is 7.74. The van der Waals surface area contributed by atoms with Crippen LogP contribution in [-0.4, -0.2) is 16.2 Å². The Balaban J connectivity index is 2.22. The van der Waals surface area contributed by atoms with Crippen molar-refractivity contribution in [2.45, 2.75) is 4.90 Å².